The third-order valence-electron chi connectivity index (χ3n) is 5.30. The highest BCUT2D eigenvalue weighted by molar-refractivity contribution is 5.94. The highest BCUT2D eigenvalue weighted by Crippen LogP contribution is 2.31. The number of hydrogen-bond acceptors (Lipinski definition) is 4. The molecule has 1 fully saturated rings. The molecule has 0 radical (unpaired) electrons. The van der Waals surface area contributed by atoms with E-state index in [0.29, 0.717) is 18.9 Å². The molecule has 2 aliphatic heterocycles. The van der Waals surface area contributed by atoms with E-state index >= 15 is 0 Å². The maximum Gasteiger partial charge on any atom is 0.225 e. The van der Waals surface area contributed by atoms with Crippen LogP contribution in [0, 0.1) is 5.92 Å². The largest absolute Gasteiger partial charge is 0.381 e. The molecule has 2 heterocycles. The zero-order valence-electron chi connectivity index (χ0n) is 16.7. The van der Waals surface area contributed by atoms with E-state index in [0.717, 1.165) is 63.9 Å². The van der Waals surface area contributed by atoms with Crippen molar-refractivity contribution in [1.29, 1.82) is 0 Å². The van der Waals surface area contributed by atoms with Gasteiger partial charge in [-0.1, -0.05) is 18.2 Å². The van der Waals surface area contributed by atoms with Crippen LogP contribution in [0.1, 0.15) is 37.2 Å². The zero-order chi connectivity index (χ0) is 19.6. The molecule has 1 aromatic rings. The van der Waals surface area contributed by atoms with Gasteiger partial charge in [0.1, 0.15) is 0 Å². The lowest BCUT2D eigenvalue weighted by atomic mass is 9.90. The molecule has 3 N–H and O–H groups in total. The molecule has 28 heavy (non-hydrogen) atoms. The van der Waals surface area contributed by atoms with Gasteiger partial charge >= 0.3 is 0 Å². The van der Waals surface area contributed by atoms with Crippen LogP contribution >= 0.6 is 0 Å². The van der Waals surface area contributed by atoms with Crippen LogP contribution in [0.5, 0.6) is 0 Å². The van der Waals surface area contributed by atoms with Gasteiger partial charge in [-0.3, -0.25) is 9.79 Å². The molecule has 0 saturated carbocycles. The van der Waals surface area contributed by atoms with E-state index in [1.807, 2.05) is 18.2 Å². The number of amides is 1. The normalized spacial score (nSPS) is 20.4. The van der Waals surface area contributed by atoms with Gasteiger partial charge in [0.2, 0.25) is 5.91 Å². The summed E-state index contributed by atoms with van der Waals surface area (Å²) in [7, 11) is 1.76. The van der Waals surface area contributed by atoms with Crippen LogP contribution in [0.15, 0.2) is 29.3 Å². The van der Waals surface area contributed by atoms with Crippen molar-refractivity contribution in [3.05, 3.63) is 29.8 Å². The first kappa shape index (κ1) is 20.6. The Morgan fingerprint density at radius 3 is 2.93 bits per heavy atom. The van der Waals surface area contributed by atoms with Crippen molar-refractivity contribution in [3.8, 4) is 0 Å². The molecular formula is C21H32N4O3. The number of rotatable bonds is 8. The van der Waals surface area contributed by atoms with Crippen LogP contribution in [-0.4, -0.2) is 58.4 Å². The summed E-state index contributed by atoms with van der Waals surface area (Å²) in [5.41, 5.74) is 2.08. The Bertz CT molecular complexity index is 659. The van der Waals surface area contributed by atoms with Gasteiger partial charge < -0.3 is 25.4 Å². The van der Waals surface area contributed by atoms with Gasteiger partial charge in [0, 0.05) is 64.6 Å². The van der Waals surface area contributed by atoms with Crippen LogP contribution in [0.4, 0.5) is 5.69 Å². The minimum atomic E-state index is 0.0649. The van der Waals surface area contributed by atoms with E-state index in [1.54, 1.807) is 7.05 Å². The molecule has 0 bridgehead atoms. The predicted octanol–water partition coefficient (Wildman–Crippen LogP) is 2.11. The van der Waals surface area contributed by atoms with Crippen molar-refractivity contribution >= 4 is 17.6 Å². The fraction of sp³-hybridized carbons (Fsp3) is 0.619. The molecule has 1 aromatic carbocycles. The van der Waals surface area contributed by atoms with Crippen LogP contribution in [0.3, 0.4) is 0 Å². The summed E-state index contributed by atoms with van der Waals surface area (Å²) in [5.74, 6) is 1.61. The lowest BCUT2D eigenvalue weighted by Crippen LogP contribution is -2.41. The number of aliphatic imine (C=N–C) groups is 1. The molecule has 1 amide bonds. The Labute approximate surface area is 167 Å². The van der Waals surface area contributed by atoms with Crippen LogP contribution in [0.25, 0.3) is 0 Å². The van der Waals surface area contributed by atoms with Crippen molar-refractivity contribution in [2.45, 2.75) is 31.6 Å². The van der Waals surface area contributed by atoms with Crippen molar-refractivity contribution in [2.75, 3.05) is 51.9 Å². The van der Waals surface area contributed by atoms with E-state index < -0.39 is 0 Å². The Hall–Kier alpha value is -2.12. The zero-order valence-corrected chi connectivity index (χ0v) is 16.7. The second kappa shape index (κ2) is 11.0. The number of benzene rings is 1. The lowest BCUT2D eigenvalue weighted by Gasteiger charge is -2.26. The summed E-state index contributed by atoms with van der Waals surface area (Å²) >= 11 is 0. The smallest absolute Gasteiger partial charge is 0.225 e. The Morgan fingerprint density at radius 1 is 1.29 bits per heavy atom. The molecule has 7 nitrogen and oxygen atoms in total. The van der Waals surface area contributed by atoms with E-state index in [4.69, 9.17) is 9.47 Å². The number of guanidine groups is 1. The Morgan fingerprint density at radius 2 is 2.11 bits per heavy atom. The molecule has 0 aromatic heterocycles. The summed E-state index contributed by atoms with van der Waals surface area (Å²) in [6, 6.07) is 7.98. The molecule has 1 saturated heterocycles. The number of nitrogens with one attached hydrogen (secondary N) is 3. The third-order valence-corrected chi connectivity index (χ3v) is 5.30. The molecule has 154 valence electrons. The number of carbonyl (C=O) groups is 1. The average Bonchev–Trinajstić information content (AvgIpc) is 2.73. The quantitative estimate of drug-likeness (QED) is 0.361. The predicted molar refractivity (Wildman–Crippen MR) is 111 cm³/mol. The van der Waals surface area contributed by atoms with E-state index in [9.17, 15) is 4.79 Å². The highest BCUT2D eigenvalue weighted by Gasteiger charge is 2.24. The summed E-state index contributed by atoms with van der Waals surface area (Å²) < 4.78 is 11.2. The van der Waals surface area contributed by atoms with Crippen LogP contribution < -0.4 is 16.0 Å². The highest BCUT2D eigenvalue weighted by atomic mass is 16.5. The first-order valence-electron chi connectivity index (χ1n) is 10.2. The Kier molecular flexibility index (Phi) is 8.11. The lowest BCUT2D eigenvalue weighted by molar-refractivity contribution is -0.116. The monoisotopic (exact) mass is 388 g/mol. The number of hydrogen-bond donors (Lipinski definition) is 3. The number of carbonyl (C=O) groups excluding carboxylic acids is 1. The number of anilines is 1. The Balaban J connectivity index is 1.33. The minimum absolute atomic E-state index is 0.0649. The van der Waals surface area contributed by atoms with E-state index in [-0.39, 0.29) is 11.8 Å². The fourth-order valence-electron chi connectivity index (χ4n) is 3.67. The first-order chi connectivity index (χ1) is 13.8. The number of fused-ring (bicyclic) bond motifs is 1. The van der Waals surface area contributed by atoms with Crippen molar-refractivity contribution < 1.29 is 14.3 Å². The van der Waals surface area contributed by atoms with Gasteiger partial charge in [0.15, 0.2) is 5.96 Å². The van der Waals surface area contributed by atoms with Gasteiger partial charge in [-0.25, -0.2) is 0 Å². The van der Waals surface area contributed by atoms with Crippen LogP contribution in [0.2, 0.25) is 0 Å². The number of nitrogens with zero attached hydrogens (tertiary/aromatic N) is 1. The molecule has 2 aliphatic rings. The standard InChI is InChI=1S/C21H32N4O3/c1-22-21(23-9-4-10-28-15-16-7-11-27-12-8-16)24-14-17-13-20(26)25-19-6-3-2-5-18(17)19/h2-3,5-6,16-17H,4,7-15H2,1H3,(H,25,26)(H2,22,23,24). The number of para-hydroxylation sites is 1. The number of ether oxygens (including phenoxy) is 2. The van der Waals surface area contributed by atoms with Gasteiger partial charge in [0.05, 0.1) is 0 Å². The van der Waals surface area contributed by atoms with Gasteiger partial charge in [-0.2, -0.15) is 0 Å². The third kappa shape index (κ3) is 6.21. The second-order valence-electron chi connectivity index (χ2n) is 7.40. The molecular weight excluding hydrogens is 356 g/mol. The maximum atomic E-state index is 11.9. The molecule has 7 heteroatoms. The van der Waals surface area contributed by atoms with Gasteiger partial charge in [0.25, 0.3) is 0 Å². The first-order valence-corrected chi connectivity index (χ1v) is 10.2. The average molecular weight is 389 g/mol. The SMILES string of the molecule is CN=C(NCCCOCC1CCOCC1)NCC1CC(=O)Nc2ccccc21. The molecule has 0 aliphatic carbocycles. The maximum absolute atomic E-state index is 11.9. The van der Waals surface area contributed by atoms with Crippen molar-refractivity contribution in [2.24, 2.45) is 10.9 Å². The molecule has 0 spiro atoms. The molecule has 3 rings (SSSR count). The topological polar surface area (TPSA) is 84.0 Å². The molecule has 1 atom stereocenters. The fourth-order valence-corrected chi connectivity index (χ4v) is 3.67. The van der Waals surface area contributed by atoms with E-state index in [2.05, 4.69) is 27.0 Å². The second-order valence-corrected chi connectivity index (χ2v) is 7.40. The van der Waals surface area contributed by atoms with E-state index in [1.165, 1.54) is 5.56 Å². The summed E-state index contributed by atoms with van der Waals surface area (Å²) in [4.78, 5) is 16.2. The minimum Gasteiger partial charge on any atom is -0.381 e. The summed E-state index contributed by atoms with van der Waals surface area (Å²) in [6.45, 7) is 4.78. The summed E-state index contributed by atoms with van der Waals surface area (Å²) in [6.07, 6.45) is 3.63. The summed E-state index contributed by atoms with van der Waals surface area (Å²) in [5, 5.41) is 9.60. The van der Waals surface area contributed by atoms with Crippen molar-refractivity contribution in [1.82, 2.24) is 10.6 Å². The van der Waals surface area contributed by atoms with Crippen molar-refractivity contribution in [3.63, 3.8) is 0 Å². The van der Waals surface area contributed by atoms with Crippen LogP contribution in [-0.2, 0) is 14.3 Å². The molecule has 1 unspecified atom stereocenters. The van der Waals surface area contributed by atoms with Gasteiger partial charge in [-0.05, 0) is 36.8 Å². The van der Waals surface area contributed by atoms with Gasteiger partial charge in [-0.15, -0.1) is 0 Å².